The minimum absolute atomic E-state index is 0.0902. The van der Waals surface area contributed by atoms with Gasteiger partial charge in [-0.25, -0.2) is 14.3 Å². The van der Waals surface area contributed by atoms with E-state index in [0.717, 1.165) is 12.1 Å². The molecule has 0 spiro atoms. The third-order valence-corrected chi connectivity index (χ3v) is 4.75. The molecular weight excluding hydrogens is 409 g/mol. The van der Waals surface area contributed by atoms with E-state index >= 15 is 0 Å². The summed E-state index contributed by atoms with van der Waals surface area (Å²) in [6.07, 6.45) is -2.90. The highest BCUT2D eigenvalue weighted by atomic mass is 19.4. The molecule has 2 aromatic heterocycles. The largest absolute Gasteiger partial charge is 0.416 e. The molecule has 0 unspecified atom stereocenters. The zero-order valence-corrected chi connectivity index (χ0v) is 16.1. The molecule has 6 nitrogen and oxygen atoms in total. The fourth-order valence-electron chi connectivity index (χ4n) is 3.31. The maximum atomic E-state index is 13.0. The standard InChI is InChI=1S/C22H17F3N4O2/c23-22(24,25)16-7-4-6-15(12-16)13-27-19(30)14-28-18-10-5-11-26-20(18)29(21(28)31)17-8-2-1-3-9-17/h1-12H,13-14H2,(H,27,30). The van der Waals surface area contributed by atoms with Crippen LogP contribution in [0.15, 0.2) is 77.7 Å². The average Bonchev–Trinajstić information content (AvgIpc) is 3.04. The summed E-state index contributed by atoms with van der Waals surface area (Å²) in [6.45, 7) is -0.382. The van der Waals surface area contributed by atoms with Gasteiger partial charge in [-0.3, -0.25) is 9.36 Å². The number of nitrogens with zero attached hydrogens (tertiary/aromatic N) is 3. The van der Waals surface area contributed by atoms with Gasteiger partial charge in [0.25, 0.3) is 0 Å². The molecule has 0 bridgehead atoms. The van der Waals surface area contributed by atoms with Crippen molar-refractivity contribution in [2.24, 2.45) is 0 Å². The number of pyridine rings is 1. The summed E-state index contributed by atoms with van der Waals surface area (Å²) in [5.74, 6) is -0.504. The number of carbonyl (C=O) groups excluding carboxylic acids is 1. The van der Waals surface area contributed by atoms with Crippen LogP contribution in [0, 0.1) is 0 Å². The van der Waals surface area contributed by atoms with Crippen molar-refractivity contribution >= 4 is 17.1 Å². The second-order valence-electron chi connectivity index (χ2n) is 6.86. The van der Waals surface area contributed by atoms with E-state index in [1.165, 1.54) is 21.3 Å². The van der Waals surface area contributed by atoms with Crippen LogP contribution in [-0.2, 0) is 24.1 Å². The van der Waals surface area contributed by atoms with E-state index in [9.17, 15) is 22.8 Å². The number of alkyl halides is 3. The fourth-order valence-corrected chi connectivity index (χ4v) is 3.31. The molecule has 158 valence electrons. The van der Waals surface area contributed by atoms with Crippen LogP contribution in [0.1, 0.15) is 11.1 Å². The molecule has 9 heteroatoms. The number of carbonyl (C=O) groups is 1. The lowest BCUT2D eigenvalue weighted by molar-refractivity contribution is -0.137. The molecule has 1 N–H and O–H groups in total. The molecule has 0 aliphatic heterocycles. The van der Waals surface area contributed by atoms with Crippen molar-refractivity contribution in [2.75, 3.05) is 0 Å². The molecule has 31 heavy (non-hydrogen) atoms. The molecule has 0 saturated carbocycles. The first-order chi connectivity index (χ1) is 14.8. The molecule has 4 rings (SSSR count). The Balaban J connectivity index is 1.58. The summed E-state index contributed by atoms with van der Waals surface area (Å²) in [6, 6.07) is 17.0. The molecule has 2 aromatic carbocycles. The molecule has 0 saturated heterocycles. The van der Waals surface area contributed by atoms with Crippen LogP contribution < -0.4 is 11.0 Å². The number of amides is 1. The lowest BCUT2D eigenvalue weighted by atomic mass is 10.1. The number of rotatable bonds is 5. The Morgan fingerprint density at radius 3 is 2.52 bits per heavy atom. The Bertz CT molecular complexity index is 1290. The Kier molecular flexibility index (Phi) is 5.33. The number of benzene rings is 2. The summed E-state index contributed by atoms with van der Waals surface area (Å²) in [4.78, 5) is 29.8. The molecule has 2 heterocycles. The Morgan fingerprint density at radius 2 is 1.77 bits per heavy atom. The van der Waals surface area contributed by atoms with Gasteiger partial charge in [0.15, 0.2) is 5.65 Å². The van der Waals surface area contributed by atoms with Gasteiger partial charge in [0.1, 0.15) is 6.54 Å². The topological polar surface area (TPSA) is 68.9 Å². The van der Waals surface area contributed by atoms with Gasteiger partial charge in [-0.2, -0.15) is 13.2 Å². The summed E-state index contributed by atoms with van der Waals surface area (Å²) >= 11 is 0. The number of imidazole rings is 1. The van der Waals surface area contributed by atoms with Crippen LogP contribution in [-0.4, -0.2) is 20.0 Å². The first-order valence-electron chi connectivity index (χ1n) is 9.39. The van der Waals surface area contributed by atoms with Crippen molar-refractivity contribution in [1.82, 2.24) is 19.4 Å². The quantitative estimate of drug-likeness (QED) is 0.531. The van der Waals surface area contributed by atoms with Crippen LogP contribution in [0.4, 0.5) is 13.2 Å². The number of hydrogen-bond acceptors (Lipinski definition) is 3. The number of aromatic nitrogens is 3. The van der Waals surface area contributed by atoms with Gasteiger partial charge in [0.2, 0.25) is 5.91 Å². The van der Waals surface area contributed by atoms with Crippen LogP contribution in [0.5, 0.6) is 0 Å². The predicted octanol–water partition coefficient (Wildman–Crippen LogP) is 3.52. The lowest BCUT2D eigenvalue weighted by Crippen LogP contribution is -2.32. The summed E-state index contributed by atoms with van der Waals surface area (Å²) in [5, 5.41) is 2.57. The van der Waals surface area contributed by atoms with E-state index in [1.807, 2.05) is 6.07 Å². The molecule has 1 amide bonds. The van der Waals surface area contributed by atoms with Gasteiger partial charge in [0.05, 0.1) is 16.8 Å². The number of para-hydroxylation sites is 1. The fraction of sp³-hybridized carbons (Fsp3) is 0.136. The minimum atomic E-state index is -4.46. The maximum absolute atomic E-state index is 13.0. The zero-order valence-electron chi connectivity index (χ0n) is 16.1. The van der Waals surface area contributed by atoms with Crippen molar-refractivity contribution in [1.29, 1.82) is 0 Å². The highest BCUT2D eigenvalue weighted by Gasteiger charge is 2.30. The highest BCUT2D eigenvalue weighted by Crippen LogP contribution is 2.29. The number of halogens is 3. The van der Waals surface area contributed by atoms with Gasteiger partial charge in [-0.05, 0) is 42.0 Å². The molecule has 0 aliphatic rings. The van der Waals surface area contributed by atoms with E-state index in [0.29, 0.717) is 22.4 Å². The van der Waals surface area contributed by atoms with Crippen molar-refractivity contribution in [3.8, 4) is 5.69 Å². The predicted molar refractivity (Wildman–Crippen MR) is 109 cm³/mol. The summed E-state index contributed by atoms with van der Waals surface area (Å²) in [7, 11) is 0. The SMILES string of the molecule is O=C(Cn1c(=O)n(-c2ccccc2)c2ncccc21)NCc1cccc(C(F)(F)F)c1. The summed E-state index contributed by atoms with van der Waals surface area (Å²) < 4.78 is 41.3. The number of nitrogens with one attached hydrogen (secondary N) is 1. The number of fused-ring (bicyclic) bond motifs is 1. The Hall–Kier alpha value is -3.88. The first kappa shape index (κ1) is 20.4. The van der Waals surface area contributed by atoms with Crippen molar-refractivity contribution in [3.05, 3.63) is 94.5 Å². The Morgan fingerprint density at radius 1 is 1.00 bits per heavy atom. The highest BCUT2D eigenvalue weighted by molar-refractivity contribution is 5.80. The third-order valence-electron chi connectivity index (χ3n) is 4.75. The van der Waals surface area contributed by atoms with E-state index < -0.39 is 23.3 Å². The molecule has 0 atom stereocenters. The van der Waals surface area contributed by atoms with Gasteiger partial charge >= 0.3 is 11.9 Å². The van der Waals surface area contributed by atoms with Crippen LogP contribution in [0.25, 0.3) is 16.9 Å². The molecular formula is C22H17F3N4O2. The number of hydrogen-bond donors (Lipinski definition) is 1. The van der Waals surface area contributed by atoms with Crippen LogP contribution >= 0.6 is 0 Å². The van der Waals surface area contributed by atoms with Crippen molar-refractivity contribution < 1.29 is 18.0 Å². The smallest absolute Gasteiger partial charge is 0.350 e. The summed E-state index contributed by atoms with van der Waals surface area (Å²) in [5.41, 5.74) is 0.583. The van der Waals surface area contributed by atoms with Crippen LogP contribution in [0.2, 0.25) is 0 Å². The molecule has 4 aromatic rings. The second kappa shape index (κ2) is 8.10. The van der Waals surface area contributed by atoms with E-state index in [1.54, 1.807) is 42.6 Å². The van der Waals surface area contributed by atoms with Gasteiger partial charge in [-0.1, -0.05) is 30.3 Å². The minimum Gasteiger partial charge on any atom is -0.350 e. The van der Waals surface area contributed by atoms with Crippen molar-refractivity contribution in [3.63, 3.8) is 0 Å². The monoisotopic (exact) mass is 426 g/mol. The molecule has 0 aliphatic carbocycles. The van der Waals surface area contributed by atoms with Gasteiger partial charge in [-0.15, -0.1) is 0 Å². The zero-order chi connectivity index (χ0) is 22.0. The average molecular weight is 426 g/mol. The van der Waals surface area contributed by atoms with E-state index in [4.69, 9.17) is 0 Å². The second-order valence-corrected chi connectivity index (χ2v) is 6.86. The Labute approximate surface area is 174 Å². The van der Waals surface area contributed by atoms with E-state index in [2.05, 4.69) is 10.3 Å². The lowest BCUT2D eigenvalue weighted by Gasteiger charge is -2.10. The maximum Gasteiger partial charge on any atom is 0.416 e. The van der Waals surface area contributed by atoms with Gasteiger partial charge < -0.3 is 5.32 Å². The molecule has 0 fully saturated rings. The first-order valence-corrected chi connectivity index (χ1v) is 9.39. The van der Waals surface area contributed by atoms with Crippen molar-refractivity contribution in [2.45, 2.75) is 19.3 Å². The van der Waals surface area contributed by atoms with Crippen LogP contribution in [0.3, 0.4) is 0 Å². The van der Waals surface area contributed by atoms with Gasteiger partial charge in [0, 0.05) is 12.7 Å². The third kappa shape index (κ3) is 4.20. The molecule has 0 radical (unpaired) electrons. The van der Waals surface area contributed by atoms with E-state index in [-0.39, 0.29) is 13.1 Å². The normalized spacial score (nSPS) is 11.6.